The molecule has 4 heteroatoms. The molecule has 0 aliphatic heterocycles. The molecule has 0 radical (unpaired) electrons. The van der Waals surface area contributed by atoms with Crippen LogP contribution >= 0.6 is 0 Å². The Balaban J connectivity index is 1.73. The molecule has 1 aromatic carbocycles. The molecule has 1 atom stereocenters. The second kappa shape index (κ2) is 7.07. The highest BCUT2D eigenvalue weighted by Crippen LogP contribution is 2.33. The van der Waals surface area contributed by atoms with Crippen molar-refractivity contribution >= 4 is 16.8 Å². The van der Waals surface area contributed by atoms with Crippen molar-refractivity contribution in [1.82, 2.24) is 10.3 Å². The van der Waals surface area contributed by atoms with Crippen molar-refractivity contribution in [3.63, 3.8) is 0 Å². The highest BCUT2D eigenvalue weighted by atomic mass is 16.5. The van der Waals surface area contributed by atoms with Gasteiger partial charge in [0.05, 0.1) is 7.11 Å². The lowest BCUT2D eigenvalue weighted by atomic mass is 9.85. The van der Waals surface area contributed by atoms with Crippen LogP contribution < -0.4 is 10.1 Å². The molecule has 1 heterocycles. The molecule has 1 unspecified atom stereocenters. The largest absolute Gasteiger partial charge is 0.497 e. The molecule has 1 aromatic heterocycles. The molecule has 1 aliphatic rings. The highest BCUT2D eigenvalue weighted by molar-refractivity contribution is 5.88. The molecule has 124 valence electrons. The van der Waals surface area contributed by atoms with Crippen LogP contribution in [0.15, 0.2) is 18.2 Å². The second-order valence-electron chi connectivity index (χ2n) is 6.43. The molecule has 1 aliphatic carbocycles. The van der Waals surface area contributed by atoms with Crippen LogP contribution in [0.25, 0.3) is 10.9 Å². The van der Waals surface area contributed by atoms with Crippen molar-refractivity contribution in [2.45, 2.75) is 45.4 Å². The normalized spacial score (nSPS) is 17.0. The number of carbonyl (C=O) groups is 1. The number of hydrogen-bond acceptors (Lipinski definition) is 2. The van der Waals surface area contributed by atoms with Crippen molar-refractivity contribution < 1.29 is 9.53 Å². The Hall–Kier alpha value is -1.97. The predicted molar refractivity (Wildman–Crippen MR) is 92.9 cm³/mol. The molecule has 0 saturated heterocycles. The maximum absolute atomic E-state index is 12.4. The van der Waals surface area contributed by atoms with Crippen molar-refractivity contribution in [1.29, 1.82) is 0 Å². The van der Waals surface area contributed by atoms with E-state index in [1.54, 1.807) is 7.11 Å². The van der Waals surface area contributed by atoms with Crippen LogP contribution in [0.5, 0.6) is 5.75 Å². The van der Waals surface area contributed by atoms with Crippen LogP contribution in [0.2, 0.25) is 0 Å². The molecule has 4 nitrogen and oxygen atoms in total. The molecule has 3 rings (SSSR count). The number of carbonyl (C=O) groups excluding carboxylic acids is 1. The first-order valence-electron chi connectivity index (χ1n) is 8.68. The summed E-state index contributed by atoms with van der Waals surface area (Å²) in [6, 6.07) is 6.11. The summed E-state index contributed by atoms with van der Waals surface area (Å²) in [7, 11) is 1.69. The van der Waals surface area contributed by atoms with Gasteiger partial charge >= 0.3 is 0 Å². The topological polar surface area (TPSA) is 54.1 Å². The number of hydrogen-bond donors (Lipinski definition) is 2. The number of fused-ring (bicyclic) bond motifs is 3. The van der Waals surface area contributed by atoms with E-state index in [1.165, 1.54) is 29.5 Å². The molecular weight excluding hydrogens is 288 g/mol. The van der Waals surface area contributed by atoms with Gasteiger partial charge in [0.1, 0.15) is 5.75 Å². The van der Waals surface area contributed by atoms with Gasteiger partial charge in [-0.15, -0.1) is 0 Å². The number of aromatic nitrogens is 1. The van der Waals surface area contributed by atoms with E-state index in [-0.39, 0.29) is 11.8 Å². The lowest BCUT2D eigenvalue weighted by Gasteiger charge is -2.22. The van der Waals surface area contributed by atoms with E-state index in [0.29, 0.717) is 0 Å². The molecule has 0 fully saturated rings. The first-order valence-corrected chi connectivity index (χ1v) is 8.68. The number of ether oxygens (including phenoxy) is 1. The van der Waals surface area contributed by atoms with E-state index in [0.717, 1.165) is 43.5 Å². The Kier molecular flexibility index (Phi) is 4.89. The molecule has 2 N–H and O–H groups in total. The van der Waals surface area contributed by atoms with Crippen LogP contribution in [-0.2, 0) is 17.6 Å². The van der Waals surface area contributed by atoms with Gasteiger partial charge in [0, 0.05) is 29.1 Å². The van der Waals surface area contributed by atoms with Crippen LogP contribution in [0.4, 0.5) is 0 Å². The van der Waals surface area contributed by atoms with Crippen molar-refractivity contribution in [3.05, 3.63) is 29.5 Å². The van der Waals surface area contributed by atoms with Gasteiger partial charge in [-0.25, -0.2) is 0 Å². The molecule has 0 spiro atoms. The van der Waals surface area contributed by atoms with Crippen molar-refractivity contribution in [2.75, 3.05) is 13.7 Å². The number of amides is 1. The Morgan fingerprint density at radius 3 is 3.04 bits per heavy atom. The first kappa shape index (κ1) is 15.9. The summed E-state index contributed by atoms with van der Waals surface area (Å²) in [6.45, 7) is 2.98. The van der Waals surface area contributed by atoms with Crippen molar-refractivity contribution in [2.24, 2.45) is 5.92 Å². The minimum Gasteiger partial charge on any atom is -0.497 e. The SMILES string of the molecule is CCCCCNC(=O)C1CCc2[nH]c3ccc(OC)cc3c2C1. The summed E-state index contributed by atoms with van der Waals surface area (Å²) in [5, 5.41) is 4.30. The minimum atomic E-state index is 0.0920. The van der Waals surface area contributed by atoms with E-state index in [2.05, 4.69) is 29.4 Å². The van der Waals surface area contributed by atoms with Crippen LogP contribution in [0.3, 0.4) is 0 Å². The van der Waals surface area contributed by atoms with E-state index in [1.807, 2.05) is 6.07 Å². The van der Waals surface area contributed by atoms with Gasteiger partial charge < -0.3 is 15.0 Å². The fourth-order valence-corrected chi connectivity index (χ4v) is 3.48. The molecular formula is C19H26N2O2. The van der Waals surface area contributed by atoms with Crippen molar-refractivity contribution in [3.8, 4) is 5.75 Å². The monoisotopic (exact) mass is 314 g/mol. The number of H-pyrrole nitrogens is 1. The zero-order valence-electron chi connectivity index (χ0n) is 14.1. The summed E-state index contributed by atoms with van der Waals surface area (Å²) in [4.78, 5) is 15.9. The quantitative estimate of drug-likeness (QED) is 0.801. The minimum absolute atomic E-state index is 0.0920. The fourth-order valence-electron chi connectivity index (χ4n) is 3.48. The highest BCUT2D eigenvalue weighted by Gasteiger charge is 2.27. The Morgan fingerprint density at radius 2 is 2.26 bits per heavy atom. The van der Waals surface area contributed by atoms with E-state index in [9.17, 15) is 4.79 Å². The lowest BCUT2D eigenvalue weighted by molar-refractivity contribution is -0.125. The predicted octanol–water partition coefficient (Wildman–Crippen LogP) is 3.59. The van der Waals surface area contributed by atoms with Crippen LogP contribution in [0, 0.1) is 5.92 Å². The van der Waals surface area contributed by atoms with Gasteiger partial charge in [-0.3, -0.25) is 4.79 Å². The first-order chi connectivity index (χ1) is 11.2. The van der Waals surface area contributed by atoms with E-state index in [4.69, 9.17) is 4.74 Å². The molecule has 2 aromatic rings. The zero-order valence-corrected chi connectivity index (χ0v) is 14.1. The number of unbranched alkanes of at least 4 members (excludes halogenated alkanes) is 2. The van der Waals surface area contributed by atoms with Gasteiger partial charge in [-0.1, -0.05) is 19.8 Å². The number of rotatable bonds is 6. The Bertz CT molecular complexity index is 690. The summed E-state index contributed by atoms with van der Waals surface area (Å²) < 4.78 is 5.34. The summed E-state index contributed by atoms with van der Waals surface area (Å²) in [6.07, 6.45) is 6.12. The third-order valence-corrected chi connectivity index (χ3v) is 4.85. The molecule has 1 amide bonds. The van der Waals surface area contributed by atoms with Gasteiger partial charge in [-0.05, 0) is 49.4 Å². The maximum atomic E-state index is 12.4. The number of benzene rings is 1. The number of aryl methyl sites for hydroxylation is 1. The third kappa shape index (κ3) is 3.36. The lowest BCUT2D eigenvalue weighted by Crippen LogP contribution is -2.34. The van der Waals surface area contributed by atoms with Gasteiger partial charge in [0.2, 0.25) is 5.91 Å². The van der Waals surface area contributed by atoms with Gasteiger partial charge in [0.25, 0.3) is 0 Å². The molecule has 0 bridgehead atoms. The number of aromatic amines is 1. The van der Waals surface area contributed by atoms with Gasteiger partial charge in [-0.2, -0.15) is 0 Å². The number of nitrogens with one attached hydrogen (secondary N) is 2. The van der Waals surface area contributed by atoms with Gasteiger partial charge in [0.15, 0.2) is 0 Å². The van der Waals surface area contributed by atoms with E-state index < -0.39 is 0 Å². The molecule has 23 heavy (non-hydrogen) atoms. The van der Waals surface area contributed by atoms with Crippen LogP contribution in [-0.4, -0.2) is 24.5 Å². The molecule has 0 saturated carbocycles. The Labute approximate surface area is 137 Å². The Morgan fingerprint density at radius 1 is 1.39 bits per heavy atom. The summed E-state index contributed by atoms with van der Waals surface area (Å²) in [5.41, 5.74) is 3.71. The zero-order chi connectivity index (χ0) is 16.2. The standard InChI is InChI=1S/C19H26N2O2/c1-3-4-5-10-20-19(22)13-6-8-17-15(11-13)16-12-14(23-2)7-9-18(16)21-17/h7,9,12-13,21H,3-6,8,10-11H2,1-2H3,(H,20,22). The average Bonchev–Trinajstić information content (AvgIpc) is 2.95. The fraction of sp³-hybridized carbons (Fsp3) is 0.526. The van der Waals surface area contributed by atoms with E-state index >= 15 is 0 Å². The third-order valence-electron chi connectivity index (χ3n) is 4.85. The maximum Gasteiger partial charge on any atom is 0.223 e. The second-order valence-corrected chi connectivity index (χ2v) is 6.43. The smallest absolute Gasteiger partial charge is 0.223 e. The summed E-state index contributed by atoms with van der Waals surface area (Å²) >= 11 is 0. The van der Waals surface area contributed by atoms with Crippen LogP contribution in [0.1, 0.15) is 43.9 Å². The number of methoxy groups -OCH3 is 1. The average molecular weight is 314 g/mol. The summed E-state index contributed by atoms with van der Waals surface area (Å²) in [5.74, 6) is 1.17.